The molecule has 0 saturated heterocycles. The molecular weight excluding hydrogens is 572 g/mol. The van der Waals surface area contributed by atoms with E-state index in [9.17, 15) is 4.79 Å². The summed E-state index contributed by atoms with van der Waals surface area (Å²) in [6.45, 7) is 0. The van der Waals surface area contributed by atoms with Crippen LogP contribution in [0.5, 0.6) is 11.5 Å². The van der Waals surface area contributed by atoms with Gasteiger partial charge in [0.05, 0.1) is 29.5 Å². The zero-order valence-corrected chi connectivity index (χ0v) is 24.7. The number of ether oxygens (including phenoxy) is 2. The molecule has 3 aromatic heterocycles. The third-order valence-electron chi connectivity index (χ3n) is 6.79. The maximum Gasteiger partial charge on any atom is 0.269 e. The van der Waals surface area contributed by atoms with Crippen molar-refractivity contribution in [3.63, 3.8) is 0 Å². The van der Waals surface area contributed by atoms with Gasteiger partial charge in [0.25, 0.3) is 11.1 Å². The lowest BCUT2D eigenvalue weighted by Crippen LogP contribution is -2.29. The second-order valence-electron chi connectivity index (χ2n) is 9.66. The number of methoxy groups -OCH3 is 1. The number of amides is 1. The molecule has 0 aliphatic heterocycles. The number of fused-ring (bicyclic) bond motifs is 1. The number of aromatic nitrogens is 4. The molecule has 0 aliphatic carbocycles. The monoisotopic (exact) mass is 598 g/mol. The predicted octanol–water partition coefficient (Wildman–Crippen LogP) is 6.81. The Morgan fingerprint density at radius 1 is 0.750 bits per heavy atom. The number of thiocarbonyl (C=S) groups is 1. The van der Waals surface area contributed by atoms with Gasteiger partial charge in [-0.15, -0.1) is 0 Å². The molecule has 6 rings (SSSR count). The van der Waals surface area contributed by atoms with Crippen LogP contribution in [0.1, 0.15) is 10.4 Å². The van der Waals surface area contributed by atoms with Crippen molar-refractivity contribution in [3.05, 3.63) is 121 Å². The van der Waals surface area contributed by atoms with E-state index in [-0.39, 0.29) is 11.1 Å². The van der Waals surface area contributed by atoms with Gasteiger partial charge in [-0.3, -0.25) is 14.8 Å². The average Bonchev–Trinajstić information content (AvgIpc) is 3.08. The predicted molar refractivity (Wildman–Crippen MR) is 175 cm³/mol. The molecule has 9 nitrogen and oxygen atoms in total. The zero-order valence-electron chi connectivity index (χ0n) is 23.8. The third kappa shape index (κ3) is 6.20. The van der Waals surface area contributed by atoms with Gasteiger partial charge in [0.15, 0.2) is 0 Å². The summed E-state index contributed by atoms with van der Waals surface area (Å²) < 4.78 is 11.1. The summed E-state index contributed by atoms with van der Waals surface area (Å²) in [5, 5.41) is 3.21. The van der Waals surface area contributed by atoms with Gasteiger partial charge < -0.3 is 19.7 Å². The summed E-state index contributed by atoms with van der Waals surface area (Å²) in [6, 6.07) is 30.9. The van der Waals surface area contributed by atoms with Crippen LogP contribution >= 0.6 is 12.2 Å². The van der Waals surface area contributed by atoms with E-state index in [1.165, 1.54) is 0 Å². The van der Waals surface area contributed by atoms with Crippen molar-refractivity contribution in [2.24, 2.45) is 0 Å². The minimum Gasteiger partial charge on any atom is -0.497 e. The van der Waals surface area contributed by atoms with Gasteiger partial charge in [0.2, 0.25) is 0 Å². The number of carbonyl (C=O) groups excluding carboxylic acids is 1. The van der Waals surface area contributed by atoms with Crippen LogP contribution in [0.4, 0.5) is 11.4 Å². The highest BCUT2D eigenvalue weighted by molar-refractivity contribution is 7.80. The van der Waals surface area contributed by atoms with Gasteiger partial charge in [0.1, 0.15) is 22.9 Å². The van der Waals surface area contributed by atoms with E-state index in [2.05, 4.69) is 15.3 Å². The Morgan fingerprint density at radius 3 is 1.95 bits per heavy atom. The van der Waals surface area contributed by atoms with Crippen LogP contribution < -0.4 is 19.7 Å². The average molecular weight is 599 g/mol. The van der Waals surface area contributed by atoms with Crippen LogP contribution in [0.2, 0.25) is 0 Å². The number of rotatable bonds is 7. The lowest BCUT2D eigenvalue weighted by molar-refractivity contribution is 0.102. The summed E-state index contributed by atoms with van der Waals surface area (Å²) >= 11 is 5.46. The van der Waals surface area contributed by atoms with Crippen molar-refractivity contribution in [1.82, 2.24) is 19.9 Å². The Balaban J connectivity index is 1.18. The molecule has 44 heavy (non-hydrogen) atoms. The summed E-state index contributed by atoms with van der Waals surface area (Å²) in [6.07, 6.45) is 3.43. The first-order chi connectivity index (χ1) is 21.5. The van der Waals surface area contributed by atoms with Gasteiger partial charge in [-0.25, -0.2) is 9.97 Å². The molecule has 0 unspecified atom stereocenters. The summed E-state index contributed by atoms with van der Waals surface area (Å²) in [5.74, 6) is 0.985. The topological polar surface area (TPSA) is 102 Å². The number of hydrogen-bond acceptors (Lipinski definition) is 8. The fourth-order valence-corrected chi connectivity index (χ4v) is 4.65. The lowest BCUT2D eigenvalue weighted by Gasteiger charge is -2.20. The Morgan fingerprint density at radius 2 is 1.36 bits per heavy atom. The number of carbonyl (C=O) groups is 1. The van der Waals surface area contributed by atoms with Crippen LogP contribution in [0.25, 0.3) is 33.8 Å². The standard InChI is InChI=1S/C34H26N6O3S/c1-40(24-12-16-25(42-2)17-13-24)34(44)43-26-14-9-22(10-15-26)33(41)37-23-11-18-27-30(21-23)39-32(29-8-4-6-20-36-29)31(38-27)28-7-3-5-19-35-28/h3-21H,1-2H3,(H,37,41). The number of hydrogen-bond donors (Lipinski definition) is 1. The van der Waals surface area contributed by atoms with E-state index in [1.54, 1.807) is 60.8 Å². The van der Waals surface area contributed by atoms with Crippen molar-refractivity contribution < 1.29 is 14.3 Å². The van der Waals surface area contributed by atoms with Crippen molar-refractivity contribution >= 4 is 45.7 Å². The molecule has 0 spiro atoms. The molecule has 3 heterocycles. The molecule has 0 atom stereocenters. The lowest BCUT2D eigenvalue weighted by atomic mass is 10.1. The quantitative estimate of drug-likeness (QED) is 0.198. The van der Waals surface area contributed by atoms with Gasteiger partial charge in [-0.2, -0.15) is 0 Å². The van der Waals surface area contributed by atoms with Crippen molar-refractivity contribution in [1.29, 1.82) is 0 Å². The molecule has 0 aliphatic rings. The second-order valence-corrected chi connectivity index (χ2v) is 10.0. The number of pyridine rings is 2. The first kappa shape index (κ1) is 28.4. The molecule has 6 aromatic rings. The number of nitrogens with zero attached hydrogens (tertiary/aromatic N) is 5. The molecular formula is C34H26N6O3S. The first-order valence-electron chi connectivity index (χ1n) is 13.6. The molecule has 1 amide bonds. The number of anilines is 2. The minimum atomic E-state index is -0.281. The summed E-state index contributed by atoms with van der Waals surface area (Å²) in [4.78, 5) is 33.6. The second kappa shape index (κ2) is 12.6. The molecule has 0 fully saturated rings. The molecule has 216 valence electrons. The molecule has 0 radical (unpaired) electrons. The number of nitrogens with one attached hydrogen (secondary N) is 1. The van der Waals surface area contributed by atoms with E-state index in [1.807, 2.05) is 73.8 Å². The summed E-state index contributed by atoms with van der Waals surface area (Å²) in [7, 11) is 3.44. The Kier molecular flexibility index (Phi) is 8.15. The van der Waals surface area contributed by atoms with E-state index in [0.29, 0.717) is 50.8 Å². The van der Waals surface area contributed by atoms with Gasteiger partial charge in [-0.1, -0.05) is 12.1 Å². The highest BCUT2D eigenvalue weighted by Crippen LogP contribution is 2.30. The highest BCUT2D eigenvalue weighted by atomic mass is 32.1. The normalized spacial score (nSPS) is 10.7. The first-order valence-corrected chi connectivity index (χ1v) is 14.0. The van der Waals surface area contributed by atoms with E-state index < -0.39 is 0 Å². The van der Waals surface area contributed by atoms with E-state index in [4.69, 9.17) is 31.7 Å². The van der Waals surface area contributed by atoms with Gasteiger partial charge in [-0.05, 0) is 103 Å². The molecule has 3 aromatic carbocycles. The van der Waals surface area contributed by atoms with E-state index >= 15 is 0 Å². The molecule has 10 heteroatoms. The van der Waals surface area contributed by atoms with Crippen LogP contribution in [0, 0.1) is 0 Å². The van der Waals surface area contributed by atoms with Gasteiger partial charge in [0, 0.05) is 36.4 Å². The fourth-order valence-electron chi connectivity index (χ4n) is 4.45. The van der Waals surface area contributed by atoms with Crippen LogP contribution in [-0.4, -0.2) is 45.2 Å². The molecule has 0 bridgehead atoms. The van der Waals surface area contributed by atoms with Crippen LogP contribution in [0.3, 0.4) is 0 Å². The van der Waals surface area contributed by atoms with Crippen molar-refractivity contribution in [2.45, 2.75) is 0 Å². The SMILES string of the molecule is COc1ccc(N(C)C(=S)Oc2ccc(C(=O)Nc3ccc4nc(-c5ccccn5)c(-c5ccccn5)nc4c3)cc2)cc1. The van der Waals surface area contributed by atoms with Crippen LogP contribution in [0.15, 0.2) is 116 Å². The minimum absolute atomic E-state index is 0.265. The van der Waals surface area contributed by atoms with Crippen LogP contribution in [-0.2, 0) is 0 Å². The van der Waals surface area contributed by atoms with E-state index in [0.717, 1.165) is 11.4 Å². The molecule has 1 N–H and O–H groups in total. The number of benzene rings is 3. The van der Waals surface area contributed by atoms with Crippen molar-refractivity contribution in [3.8, 4) is 34.3 Å². The largest absolute Gasteiger partial charge is 0.497 e. The van der Waals surface area contributed by atoms with Gasteiger partial charge >= 0.3 is 0 Å². The Hall–Kier alpha value is -5.74. The van der Waals surface area contributed by atoms with Crippen molar-refractivity contribution in [2.75, 3.05) is 24.4 Å². The Bertz CT molecular complexity index is 1940. The summed E-state index contributed by atoms with van der Waals surface area (Å²) in [5.41, 5.74) is 5.77. The maximum absolute atomic E-state index is 13.1. The zero-order chi connectivity index (χ0) is 30.5. The smallest absolute Gasteiger partial charge is 0.269 e. The highest BCUT2D eigenvalue weighted by Gasteiger charge is 2.16. The fraction of sp³-hybridized carbons (Fsp3) is 0.0588. The third-order valence-corrected chi connectivity index (χ3v) is 7.15. The molecule has 0 saturated carbocycles. The Labute approximate surface area is 259 Å². The maximum atomic E-state index is 13.1.